The van der Waals surface area contributed by atoms with E-state index in [1.807, 2.05) is 0 Å². The van der Waals surface area contributed by atoms with E-state index >= 15 is 0 Å². The number of nitrogens with one attached hydrogen (secondary N) is 1. The van der Waals surface area contributed by atoms with E-state index in [0.29, 0.717) is 5.69 Å². The zero-order chi connectivity index (χ0) is 13.8. The summed E-state index contributed by atoms with van der Waals surface area (Å²) in [5.74, 6) is -1.87. The molecule has 2 aromatic rings. The van der Waals surface area contributed by atoms with Crippen LogP contribution in [0, 0.1) is 11.6 Å². The largest absolute Gasteiger partial charge is 0.508 e. The second-order valence-corrected chi connectivity index (χ2v) is 4.01. The van der Waals surface area contributed by atoms with Crippen LogP contribution in [-0.4, -0.2) is 11.0 Å². The Labute approximate surface area is 108 Å². The molecule has 0 saturated carbocycles. The molecule has 0 saturated heterocycles. The van der Waals surface area contributed by atoms with E-state index in [1.165, 1.54) is 18.2 Å². The lowest BCUT2D eigenvalue weighted by Gasteiger charge is -2.06. The zero-order valence-electron chi connectivity index (χ0n) is 9.86. The molecule has 0 heterocycles. The molecule has 0 unspecified atom stereocenters. The van der Waals surface area contributed by atoms with Crippen LogP contribution in [0.4, 0.5) is 14.5 Å². The lowest BCUT2D eigenvalue weighted by Crippen LogP contribution is -2.15. The van der Waals surface area contributed by atoms with Crippen molar-refractivity contribution in [1.82, 2.24) is 0 Å². The molecular weight excluding hydrogens is 252 g/mol. The summed E-state index contributed by atoms with van der Waals surface area (Å²) in [5, 5.41) is 11.8. The van der Waals surface area contributed by atoms with Gasteiger partial charge in [-0.2, -0.15) is 0 Å². The number of benzene rings is 2. The summed E-state index contributed by atoms with van der Waals surface area (Å²) < 4.78 is 26.1. The number of aromatic hydroxyl groups is 1. The van der Waals surface area contributed by atoms with Crippen molar-refractivity contribution in [2.75, 3.05) is 5.32 Å². The quantitative estimate of drug-likeness (QED) is 0.894. The van der Waals surface area contributed by atoms with Crippen LogP contribution in [0.25, 0.3) is 0 Å². The van der Waals surface area contributed by atoms with Gasteiger partial charge in [-0.3, -0.25) is 4.79 Å². The van der Waals surface area contributed by atoms with Crippen LogP contribution in [0.3, 0.4) is 0 Å². The Kier molecular flexibility index (Phi) is 3.75. The summed E-state index contributed by atoms with van der Waals surface area (Å²) in [5.41, 5.74) is 0.520. The molecule has 0 fully saturated rings. The average Bonchev–Trinajstić information content (AvgIpc) is 2.33. The average molecular weight is 263 g/mol. The standard InChI is InChI=1S/C14H11F2NO2/c15-10-5-4-9(13(16)7-10)6-14(19)17-11-2-1-3-12(18)8-11/h1-5,7-8,18H,6H2,(H,17,19). The lowest BCUT2D eigenvalue weighted by molar-refractivity contribution is -0.115. The zero-order valence-corrected chi connectivity index (χ0v) is 9.86. The number of phenolic OH excluding ortho intramolecular Hbond substituents is 1. The normalized spacial score (nSPS) is 10.2. The van der Waals surface area contributed by atoms with Gasteiger partial charge in [0.15, 0.2) is 0 Å². The fraction of sp³-hybridized carbons (Fsp3) is 0.0714. The van der Waals surface area contributed by atoms with Crippen LogP contribution in [0.2, 0.25) is 0 Å². The number of phenols is 1. The number of hydrogen-bond donors (Lipinski definition) is 2. The Bertz CT molecular complexity index is 614. The van der Waals surface area contributed by atoms with E-state index in [1.54, 1.807) is 12.1 Å². The maximum Gasteiger partial charge on any atom is 0.228 e. The molecule has 3 nitrogen and oxygen atoms in total. The minimum atomic E-state index is -0.758. The van der Waals surface area contributed by atoms with Crippen LogP contribution in [0.15, 0.2) is 42.5 Å². The van der Waals surface area contributed by atoms with Crippen LogP contribution in [0.1, 0.15) is 5.56 Å². The summed E-state index contributed by atoms with van der Waals surface area (Å²) in [6, 6.07) is 9.07. The van der Waals surface area contributed by atoms with Gasteiger partial charge in [0.2, 0.25) is 5.91 Å². The first kappa shape index (κ1) is 13.0. The highest BCUT2D eigenvalue weighted by Gasteiger charge is 2.09. The molecule has 2 N–H and O–H groups in total. The molecule has 0 bridgehead atoms. The highest BCUT2D eigenvalue weighted by Crippen LogP contribution is 2.16. The Morgan fingerprint density at radius 3 is 2.63 bits per heavy atom. The van der Waals surface area contributed by atoms with Gasteiger partial charge in [-0.05, 0) is 23.8 Å². The van der Waals surface area contributed by atoms with Gasteiger partial charge in [0, 0.05) is 17.8 Å². The summed E-state index contributed by atoms with van der Waals surface area (Å²) in [6.45, 7) is 0. The lowest BCUT2D eigenvalue weighted by atomic mass is 10.1. The van der Waals surface area contributed by atoms with Gasteiger partial charge < -0.3 is 10.4 Å². The second-order valence-electron chi connectivity index (χ2n) is 4.01. The maximum absolute atomic E-state index is 13.4. The van der Waals surface area contributed by atoms with Crippen molar-refractivity contribution in [3.8, 4) is 5.75 Å². The monoisotopic (exact) mass is 263 g/mol. The molecule has 0 atom stereocenters. The highest BCUT2D eigenvalue weighted by molar-refractivity contribution is 5.92. The van der Waals surface area contributed by atoms with Gasteiger partial charge in [-0.15, -0.1) is 0 Å². The topological polar surface area (TPSA) is 49.3 Å². The first-order valence-electron chi connectivity index (χ1n) is 5.57. The van der Waals surface area contributed by atoms with Gasteiger partial charge >= 0.3 is 0 Å². The van der Waals surface area contributed by atoms with Gasteiger partial charge in [0.05, 0.1) is 6.42 Å². The molecule has 19 heavy (non-hydrogen) atoms. The molecule has 0 aromatic heterocycles. The number of carbonyl (C=O) groups excluding carboxylic acids is 1. The molecule has 98 valence electrons. The third-order valence-corrected chi connectivity index (χ3v) is 2.50. The van der Waals surface area contributed by atoms with Crippen molar-refractivity contribution < 1.29 is 18.7 Å². The van der Waals surface area contributed by atoms with E-state index in [0.717, 1.165) is 12.1 Å². The minimum absolute atomic E-state index is 0.0192. The van der Waals surface area contributed by atoms with Crippen molar-refractivity contribution in [3.05, 3.63) is 59.7 Å². The summed E-state index contributed by atoms with van der Waals surface area (Å²) >= 11 is 0. The fourth-order valence-electron chi connectivity index (χ4n) is 1.63. The SMILES string of the molecule is O=C(Cc1ccc(F)cc1F)Nc1cccc(O)c1. The van der Waals surface area contributed by atoms with Gasteiger partial charge in [-0.25, -0.2) is 8.78 Å². The molecular formula is C14H11F2NO2. The van der Waals surface area contributed by atoms with E-state index in [2.05, 4.69) is 5.32 Å². The first-order valence-corrected chi connectivity index (χ1v) is 5.57. The first-order chi connectivity index (χ1) is 9.04. The van der Waals surface area contributed by atoms with E-state index in [4.69, 9.17) is 0 Å². The van der Waals surface area contributed by atoms with Crippen LogP contribution < -0.4 is 5.32 Å². The van der Waals surface area contributed by atoms with Crippen molar-refractivity contribution in [3.63, 3.8) is 0 Å². The molecule has 0 aliphatic heterocycles. The number of anilines is 1. The second kappa shape index (κ2) is 5.48. The van der Waals surface area contributed by atoms with Crippen molar-refractivity contribution in [1.29, 1.82) is 0 Å². The molecule has 2 rings (SSSR count). The van der Waals surface area contributed by atoms with E-state index < -0.39 is 17.5 Å². The molecule has 0 spiro atoms. The Morgan fingerprint density at radius 2 is 1.95 bits per heavy atom. The fourth-order valence-corrected chi connectivity index (χ4v) is 1.63. The molecule has 5 heteroatoms. The van der Waals surface area contributed by atoms with Crippen molar-refractivity contribution in [2.45, 2.75) is 6.42 Å². The molecule has 0 aliphatic carbocycles. The van der Waals surface area contributed by atoms with E-state index in [9.17, 15) is 18.7 Å². The van der Waals surface area contributed by atoms with Crippen LogP contribution in [0.5, 0.6) is 5.75 Å². The summed E-state index contributed by atoms with van der Waals surface area (Å²) in [6.07, 6.45) is -0.207. The van der Waals surface area contributed by atoms with Crippen LogP contribution in [-0.2, 0) is 11.2 Å². The Morgan fingerprint density at radius 1 is 1.16 bits per heavy atom. The maximum atomic E-state index is 13.4. The molecule has 0 radical (unpaired) electrons. The summed E-state index contributed by atoms with van der Waals surface area (Å²) in [7, 11) is 0. The molecule has 1 amide bonds. The Hall–Kier alpha value is -2.43. The van der Waals surface area contributed by atoms with E-state index in [-0.39, 0.29) is 17.7 Å². The smallest absolute Gasteiger partial charge is 0.228 e. The third kappa shape index (κ3) is 3.51. The number of hydrogen-bond acceptors (Lipinski definition) is 2. The number of halogens is 2. The molecule has 2 aromatic carbocycles. The third-order valence-electron chi connectivity index (χ3n) is 2.50. The van der Waals surface area contributed by atoms with Gasteiger partial charge in [0.1, 0.15) is 17.4 Å². The minimum Gasteiger partial charge on any atom is -0.508 e. The van der Waals surface area contributed by atoms with Crippen molar-refractivity contribution >= 4 is 11.6 Å². The predicted molar refractivity (Wildman–Crippen MR) is 66.8 cm³/mol. The predicted octanol–water partition coefficient (Wildman–Crippen LogP) is 2.85. The van der Waals surface area contributed by atoms with Crippen molar-refractivity contribution in [2.24, 2.45) is 0 Å². The highest BCUT2D eigenvalue weighted by atomic mass is 19.1. The molecule has 0 aliphatic rings. The Balaban J connectivity index is 2.05. The summed E-state index contributed by atoms with van der Waals surface area (Å²) in [4.78, 5) is 11.7. The van der Waals surface area contributed by atoms with Gasteiger partial charge in [0.25, 0.3) is 0 Å². The number of carbonyl (C=O) groups is 1. The number of rotatable bonds is 3. The van der Waals surface area contributed by atoms with Crippen LogP contribution >= 0.6 is 0 Å². The number of amides is 1. The van der Waals surface area contributed by atoms with Gasteiger partial charge in [-0.1, -0.05) is 12.1 Å².